The number of nitrogens with one attached hydrogen (secondary N) is 1. The molecule has 0 bridgehead atoms. The number of methoxy groups -OCH3 is 1. The minimum absolute atomic E-state index is 0.0699. The van der Waals surface area contributed by atoms with Gasteiger partial charge in [-0.3, -0.25) is 14.9 Å². The van der Waals surface area contributed by atoms with E-state index in [2.05, 4.69) is 10.3 Å². The number of nitro groups is 1. The molecule has 9 heteroatoms. The van der Waals surface area contributed by atoms with E-state index in [1.54, 1.807) is 20.1 Å². The number of rotatable bonds is 8. The Kier molecular flexibility index (Phi) is 6.27. The summed E-state index contributed by atoms with van der Waals surface area (Å²) in [6, 6.07) is 13.6. The summed E-state index contributed by atoms with van der Waals surface area (Å²) in [6.45, 7) is 2.93. The lowest BCUT2D eigenvalue weighted by Gasteiger charge is -2.13. The summed E-state index contributed by atoms with van der Waals surface area (Å²) in [7, 11) is 1.64. The molecule has 1 atom stereocenters. The number of carbonyl (C=O) groups is 1. The van der Waals surface area contributed by atoms with Crippen LogP contribution in [0.5, 0.6) is 0 Å². The molecule has 1 amide bonds. The third-order valence-corrected chi connectivity index (χ3v) is 5.20. The van der Waals surface area contributed by atoms with Crippen molar-refractivity contribution < 1.29 is 14.5 Å². The summed E-state index contributed by atoms with van der Waals surface area (Å²) in [5.74, 6) is -0.254. The number of hydrogen-bond acceptors (Lipinski definition) is 6. The lowest BCUT2D eigenvalue weighted by Crippen LogP contribution is -2.23. The number of ether oxygens (including phenoxy) is 1. The average Bonchev–Trinajstić information content (AvgIpc) is 3.03. The van der Waals surface area contributed by atoms with Gasteiger partial charge in [0.1, 0.15) is 0 Å². The molecule has 0 aliphatic heterocycles. The molecule has 0 aliphatic carbocycles. The molecule has 1 heterocycles. The first-order valence-electron chi connectivity index (χ1n) is 8.66. The Morgan fingerprint density at radius 2 is 2.11 bits per heavy atom. The highest BCUT2D eigenvalue weighted by Gasteiger charge is 2.20. The van der Waals surface area contributed by atoms with Crippen molar-refractivity contribution in [1.29, 1.82) is 0 Å². The summed E-state index contributed by atoms with van der Waals surface area (Å²) in [5.41, 5.74) is 2.15. The number of thioether (sulfide) groups is 1. The highest BCUT2D eigenvalue weighted by molar-refractivity contribution is 8.00. The SMILES string of the molecule is COCCn1c(SC(C)C(=O)Nc2cccc([N+](=O)[O-])c2)nc2ccccc21. The van der Waals surface area contributed by atoms with E-state index in [9.17, 15) is 14.9 Å². The van der Waals surface area contributed by atoms with Crippen LogP contribution in [0.3, 0.4) is 0 Å². The zero-order chi connectivity index (χ0) is 20.1. The van der Waals surface area contributed by atoms with Crippen molar-refractivity contribution in [2.75, 3.05) is 19.0 Å². The third kappa shape index (κ3) is 4.49. The van der Waals surface area contributed by atoms with Crippen LogP contribution in [0.2, 0.25) is 0 Å². The van der Waals surface area contributed by atoms with Gasteiger partial charge in [0.15, 0.2) is 5.16 Å². The van der Waals surface area contributed by atoms with Gasteiger partial charge in [-0.2, -0.15) is 0 Å². The smallest absolute Gasteiger partial charge is 0.271 e. The van der Waals surface area contributed by atoms with Crippen LogP contribution >= 0.6 is 11.8 Å². The van der Waals surface area contributed by atoms with Crippen LogP contribution in [0.15, 0.2) is 53.7 Å². The number of benzene rings is 2. The molecule has 1 N–H and O–H groups in total. The fourth-order valence-electron chi connectivity index (χ4n) is 2.69. The molecular weight excluding hydrogens is 380 g/mol. The first-order chi connectivity index (χ1) is 13.5. The number of amides is 1. The first kappa shape index (κ1) is 19.8. The number of non-ortho nitro benzene ring substituents is 1. The molecule has 146 valence electrons. The predicted molar refractivity (Wildman–Crippen MR) is 109 cm³/mol. The highest BCUT2D eigenvalue weighted by atomic mass is 32.2. The van der Waals surface area contributed by atoms with Crippen molar-refractivity contribution in [2.45, 2.75) is 23.9 Å². The van der Waals surface area contributed by atoms with Crippen LogP contribution in [0.4, 0.5) is 11.4 Å². The van der Waals surface area contributed by atoms with Gasteiger partial charge in [-0.05, 0) is 25.1 Å². The number of carbonyl (C=O) groups excluding carboxylic acids is 1. The van der Waals surface area contributed by atoms with E-state index in [-0.39, 0.29) is 11.6 Å². The van der Waals surface area contributed by atoms with Crippen LogP contribution in [-0.4, -0.2) is 39.3 Å². The molecule has 0 saturated heterocycles. The van der Waals surface area contributed by atoms with E-state index in [4.69, 9.17) is 4.74 Å². The van der Waals surface area contributed by atoms with E-state index >= 15 is 0 Å². The van der Waals surface area contributed by atoms with Gasteiger partial charge in [0, 0.05) is 31.5 Å². The Labute approximate surface area is 166 Å². The predicted octanol–water partition coefficient (Wildman–Crippen LogP) is 3.71. The fraction of sp³-hybridized carbons (Fsp3) is 0.263. The normalized spacial score (nSPS) is 12.1. The van der Waals surface area contributed by atoms with Gasteiger partial charge >= 0.3 is 0 Å². The molecule has 8 nitrogen and oxygen atoms in total. The molecule has 0 saturated carbocycles. The van der Waals surface area contributed by atoms with Gasteiger partial charge in [-0.1, -0.05) is 30.0 Å². The zero-order valence-electron chi connectivity index (χ0n) is 15.5. The van der Waals surface area contributed by atoms with E-state index in [1.807, 2.05) is 28.8 Å². The van der Waals surface area contributed by atoms with Crippen LogP contribution in [0, 0.1) is 10.1 Å². The van der Waals surface area contributed by atoms with E-state index in [0.717, 1.165) is 16.2 Å². The lowest BCUT2D eigenvalue weighted by atomic mass is 10.2. The second kappa shape index (κ2) is 8.85. The second-order valence-corrected chi connectivity index (χ2v) is 7.39. The zero-order valence-corrected chi connectivity index (χ0v) is 16.3. The number of anilines is 1. The van der Waals surface area contributed by atoms with Crippen LogP contribution in [0.1, 0.15) is 6.92 Å². The number of hydrogen-bond donors (Lipinski definition) is 1. The average molecular weight is 400 g/mol. The molecule has 2 aromatic carbocycles. The summed E-state index contributed by atoms with van der Waals surface area (Å²) in [4.78, 5) is 27.6. The molecule has 1 unspecified atom stereocenters. The first-order valence-corrected chi connectivity index (χ1v) is 9.53. The Morgan fingerprint density at radius 1 is 1.32 bits per heavy atom. The quantitative estimate of drug-likeness (QED) is 0.352. The van der Waals surface area contributed by atoms with Crippen molar-refractivity contribution in [3.05, 3.63) is 58.6 Å². The molecule has 0 radical (unpaired) electrons. The monoisotopic (exact) mass is 400 g/mol. The van der Waals surface area contributed by atoms with Crippen molar-refractivity contribution in [1.82, 2.24) is 9.55 Å². The van der Waals surface area contributed by atoms with Gasteiger partial charge in [-0.15, -0.1) is 0 Å². The van der Waals surface area contributed by atoms with Crippen molar-refractivity contribution >= 4 is 40.1 Å². The largest absolute Gasteiger partial charge is 0.383 e. The van der Waals surface area contributed by atoms with Crippen LogP contribution in [0.25, 0.3) is 11.0 Å². The Bertz CT molecular complexity index is 1000. The summed E-state index contributed by atoms with van der Waals surface area (Å²) < 4.78 is 7.22. The van der Waals surface area contributed by atoms with Crippen molar-refractivity contribution in [3.63, 3.8) is 0 Å². The van der Waals surface area contributed by atoms with E-state index in [0.29, 0.717) is 18.8 Å². The van der Waals surface area contributed by atoms with Crippen molar-refractivity contribution in [3.8, 4) is 0 Å². The maximum Gasteiger partial charge on any atom is 0.271 e. The molecular formula is C19H20N4O4S. The molecule has 0 spiro atoms. The molecule has 3 aromatic rings. The van der Waals surface area contributed by atoms with Crippen LogP contribution < -0.4 is 5.32 Å². The minimum atomic E-state index is -0.494. The fourth-order valence-corrected chi connectivity index (χ4v) is 3.64. The molecule has 3 rings (SSSR count). The van der Waals surface area contributed by atoms with Gasteiger partial charge in [0.2, 0.25) is 5.91 Å². The number of nitro benzene ring substituents is 1. The molecule has 1 aromatic heterocycles. The Hall–Kier alpha value is -2.91. The van der Waals surface area contributed by atoms with Crippen LogP contribution in [-0.2, 0) is 16.1 Å². The topological polar surface area (TPSA) is 99.3 Å². The molecule has 0 aliphatic rings. The number of imidazole rings is 1. The highest BCUT2D eigenvalue weighted by Crippen LogP contribution is 2.28. The third-order valence-electron chi connectivity index (χ3n) is 4.11. The minimum Gasteiger partial charge on any atom is -0.383 e. The Balaban J connectivity index is 1.76. The van der Waals surface area contributed by atoms with Gasteiger partial charge in [0.25, 0.3) is 5.69 Å². The standard InChI is InChI=1S/C19H20N4O4S/c1-13(18(24)20-14-6-5-7-15(12-14)23(25)26)28-19-21-16-8-3-4-9-17(16)22(19)10-11-27-2/h3-9,12-13H,10-11H2,1-2H3,(H,20,24). The number of para-hydroxylation sites is 2. The number of fused-ring (bicyclic) bond motifs is 1. The van der Waals surface area contributed by atoms with E-state index < -0.39 is 10.2 Å². The van der Waals surface area contributed by atoms with Crippen molar-refractivity contribution in [2.24, 2.45) is 0 Å². The van der Waals surface area contributed by atoms with Gasteiger partial charge in [-0.25, -0.2) is 4.98 Å². The number of nitrogens with zero attached hydrogens (tertiary/aromatic N) is 3. The lowest BCUT2D eigenvalue weighted by molar-refractivity contribution is -0.384. The molecule has 0 fully saturated rings. The summed E-state index contributed by atoms with van der Waals surface area (Å²) in [6.07, 6.45) is 0. The second-order valence-electron chi connectivity index (χ2n) is 6.08. The van der Waals surface area contributed by atoms with Gasteiger partial charge < -0.3 is 14.6 Å². The summed E-state index contributed by atoms with van der Waals surface area (Å²) >= 11 is 1.33. The maximum absolute atomic E-state index is 12.6. The maximum atomic E-state index is 12.6. The van der Waals surface area contributed by atoms with E-state index in [1.165, 1.54) is 30.0 Å². The van der Waals surface area contributed by atoms with Gasteiger partial charge in [0.05, 0.1) is 27.8 Å². The molecule has 28 heavy (non-hydrogen) atoms. The Morgan fingerprint density at radius 3 is 2.86 bits per heavy atom. The number of aromatic nitrogens is 2. The summed E-state index contributed by atoms with van der Waals surface area (Å²) in [5, 5.41) is 13.9.